The Morgan fingerprint density at radius 3 is 2.50 bits per heavy atom. The Kier molecular flexibility index (Phi) is 3.54. The number of benzene rings is 2. The van der Waals surface area contributed by atoms with Gasteiger partial charge >= 0.3 is 0 Å². The molecule has 0 aliphatic heterocycles. The first-order chi connectivity index (χ1) is 11.8. The molecule has 0 unspecified atom stereocenters. The molecule has 3 heteroatoms. The maximum Gasteiger partial charge on any atom is 0.220 e. The van der Waals surface area contributed by atoms with Crippen LogP contribution in [0.25, 0.3) is 26.9 Å². The first kappa shape index (κ1) is 14.8. The minimum atomic E-state index is -0.169. The van der Waals surface area contributed by atoms with Gasteiger partial charge in [-0.2, -0.15) is 4.57 Å². The molecule has 0 radical (unpaired) electrons. The smallest absolute Gasteiger partial charge is 0.220 e. The molecule has 0 fully saturated rings. The van der Waals surface area contributed by atoms with Crippen LogP contribution in [0.15, 0.2) is 30.3 Å². The van der Waals surface area contributed by atoms with Crippen molar-refractivity contribution in [2.24, 2.45) is 7.05 Å². The summed E-state index contributed by atoms with van der Waals surface area (Å²) in [4.78, 5) is 3.48. The Hall–Kier alpha value is -2.73. The van der Waals surface area contributed by atoms with Gasteiger partial charge in [0.15, 0.2) is 11.4 Å². The molecule has 2 nitrogen and oxygen atoms in total. The van der Waals surface area contributed by atoms with E-state index in [-0.39, 0.29) is 5.82 Å². The van der Waals surface area contributed by atoms with Crippen molar-refractivity contribution in [1.29, 1.82) is 0 Å². The van der Waals surface area contributed by atoms with Crippen LogP contribution in [-0.4, -0.2) is 0 Å². The summed E-state index contributed by atoms with van der Waals surface area (Å²) in [5.41, 5.74) is 5.38. The van der Waals surface area contributed by atoms with Gasteiger partial charge in [-0.05, 0) is 55.0 Å². The van der Waals surface area contributed by atoms with Crippen molar-refractivity contribution in [3.8, 4) is 11.3 Å². The summed E-state index contributed by atoms with van der Waals surface area (Å²) in [6, 6.07) is 7.72. The zero-order valence-corrected chi connectivity index (χ0v) is 14.6. The third-order valence-electron chi connectivity index (χ3n) is 4.80. The quantitative estimate of drug-likeness (QED) is 0.427. The highest BCUT2D eigenvalue weighted by atomic mass is 19.1. The standard InChI is InChI=1S/C21H20FN2/c1-12-9-19(14(3)15(4)20(12)22)21-18-8-7-17(23-5)11-16(18)10-13(2)24(21)6/h7-11H,1-4,6H3/q+1/i10D. The largest absolute Gasteiger partial charge is 0.238 e. The second-order valence-electron chi connectivity index (χ2n) is 6.26. The average molecular weight is 320 g/mol. The van der Waals surface area contributed by atoms with Crippen LogP contribution in [0.5, 0.6) is 0 Å². The van der Waals surface area contributed by atoms with Crippen molar-refractivity contribution in [2.75, 3.05) is 0 Å². The predicted octanol–water partition coefficient (Wildman–Crippen LogP) is 5.25. The van der Waals surface area contributed by atoms with Gasteiger partial charge in [0.05, 0.1) is 18.9 Å². The molecule has 0 saturated heterocycles. The molecular weight excluding hydrogens is 299 g/mol. The molecule has 0 atom stereocenters. The van der Waals surface area contributed by atoms with Gasteiger partial charge in [-0.25, -0.2) is 9.24 Å². The van der Waals surface area contributed by atoms with Crippen LogP contribution in [0.2, 0.25) is 0 Å². The lowest BCUT2D eigenvalue weighted by atomic mass is 9.93. The predicted molar refractivity (Wildman–Crippen MR) is 95.7 cm³/mol. The van der Waals surface area contributed by atoms with Crippen LogP contribution in [0, 0.1) is 40.1 Å². The number of aromatic nitrogens is 1. The Bertz CT molecular complexity index is 1080. The van der Waals surface area contributed by atoms with Crippen molar-refractivity contribution >= 4 is 16.5 Å². The first-order valence-corrected chi connectivity index (χ1v) is 7.85. The Labute approximate surface area is 143 Å². The van der Waals surface area contributed by atoms with Gasteiger partial charge in [0.25, 0.3) is 0 Å². The number of aryl methyl sites for hydroxylation is 1. The van der Waals surface area contributed by atoms with Crippen LogP contribution < -0.4 is 4.57 Å². The van der Waals surface area contributed by atoms with E-state index in [4.69, 9.17) is 7.94 Å². The minimum Gasteiger partial charge on any atom is -0.238 e. The van der Waals surface area contributed by atoms with E-state index in [1.54, 1.807) is 26.0 Å². The fraction of sp³-hybridized carbons (Fsp3) is 0.238. The van der Waals surface area contributed by atoms with Crippen LogP contribution in [0.1, 0.15) is 23.8 Å². The SMILES string of the molecule is [2H]c1c(C)[n+](C)c(-c2cc(C)c(F)c(C)c2C)c2ccc([N+]#[C-])cc12. The number of nitrogens with zero attached hydrogens (tertiary/aromatic N) is 2. The molecule has 3 aromatic rings. The second-order valence-corrected chi connectivity index (χ2v) is 6.26. The van der Waals surface area contributed by atoms with Crippen LogP contribution >= 0.6 is 0 Å². The van der Waals surface area contributed by atoms with Gasteiger partial charge in [0, 0.05) is 13.0 Å². The lowest BCUT2D eigenvalue weighted by Crippen LogP contribution is -2.35. The second kappa shape index (κ2) is 5.72. The normalized spacial score (nSPS) is 11.5. The minimum absolute atomic E-state index is 0.169. The maximum absolute atomic E-state index is 14.3. The summed E-state index contributed by atoms with van der Waals surface area (Å²) >= 11 is 0. The van der Waals surface area contributed by atoms with Crippen molar-refractivity contribution in [3.63, 3.8) is 0 Å². The summed E-state index contributed by atoms with van der Waals surface area (Å²) in [7, 11) is 1.93. The monoisotopic (exact) mass is 320 g/mol. The number of rotatable bonds is 1. The van der Waals surface area contributed by atoms with Gasteiger partial charge in [0.1, 0.15) is 12.9 Å². The van der Waals surface area contributed by atoms with Crippen molar-refractivity contribution in [2.45, 2.75) is 27.7 Å². The zero-order chi connectivity index (χ0) is 18.5. The van der Waals surface area contributed by atoms with E-state index in [9.17, 15) is 4.39 Å². The molecule has 0 bridgehead atoms. The van der Waals surface area contributed by atoms with Gasteiger partial charge < -0.3 is 0 Å². The van der Waals surface area contributed by atoms with Crippen LogP contribution in [0.3, 0.4) is 0 Å². The highest BCUT2D eigenvalue weighted by Gasteiger charge is 2.22. The van der Waals surface area contributed by atoms with Crippen LogP contribution in [0.4, 0.5) is 10.1 Å². The number of hydrogen-bond donors (Lipinski definition) is 0. The van der Waals surface area contributed by atoms with Crippen molar-refractivity contribution in [3.05, 3.63) is 69.9 Å². The summed E-state index contributed by atoms with van der Waals surface area (Å²) in [5, 5.41) is 1.65. The fourth-order valence-corrected chi connectivity index (χ4v) is 3.16. The molecule has 0 N–H and O–H groups in total. The fourth-order valence-electron chi connectivity index (χ4n) is 3.16. The van der Waals surface area contributed by atoms with Gasteiger partial charge in [0.2, 0.25) is 5.69 Å². The summed E-state index contributed by atoms with van der Waals surface area (Å²) < 4.78 is 24.7. The molecule has 0 saturated carbocycles. The first-order valence-electron chi connectivity index (χ1n) is 8.35. The molecule has 1 heterocycles. The van der Waals surface area contributed by atoms with Gasteiger partial charge in [-0.1, -0.05) is 12.1 Å². The Morgan fingerprint density at radius 2 is 1.83 bits per heavy atom. The lowest BCUT2D eigenvalue weighted by Gasteiger charge is -2.14. The molecule has 0 aliphatic rings. The van der Waals surface area contributed by atoms with Crippen molar-refractivity contribution < 1.29 is 10.3 Å². The van der Waals surface area contributed by atoms with E-state index in [2.05, 4.69) is 4.85 Å². The molecule has 0 amide bonds. The van der Waals surface area contributed by atoms with Gasteiger partial charge in [-0.3, -0.25) is 0 Å². The number of hydrogen-bond acceptors (Lipinski definition) is 0. The van der Waals surface area contributed by atoms with E-state index in [1.165, 1.54) is 0 Å². The molecule has 2 aromatic carbocycles. The topological polar surface area (TPSA) is 8.24 Å². The van der Waals surface area contributed by atoms with Gasteiger partial charge in [-0.15, -0.1) is 0 Å². The highest BCUT2D eigenvalue weighted by Crippen LogP contribution is 2.33. The average Bonchev–Trinajstić information content (AvgIpc) is 2.62. The third kappa shape index (κ3) is 2.35. The molecule has 3 rings (SSSR count). The molecule has 1 aromatic heterocycles. The van der Waals surface area contributed by atoms with E-state index >= 15 is 0 Å². The Morgan fingerprint density at radius 1 is 1.12 bits per heavy atom. The zero-order valence-electron chi connectivity index (χ0n) is 15.6. The molecule has 0 spiro atoms. The maximum atomic E-state index is 14.3. The molecule has 24 heavy (non-hydrogen) atoms. The molecular formula is C21H20FN2+. The molecule has 120 valence electrons. The summed E-state index contributed by atoms with van der Waals surface area (Å²) in [5.74, 6) is -0.169. The van der Waals surface area contributed by atoms with Crippen molar-refractivity contribution in [1.82, 2.24) is 0 Å². The van der Waals surface area contributed by atoms with Crippen LogP contribution in [-0.2, 0) is 7.05 Å². The lowest BCUT2D eigenvalue weighted by molar-refractivity contribution is -0.665. The molecule has 0 aliphatic carbocycles. The number of fused-ring (bicyclic) bond motifs is 1. The summed E-state index contributed by atoms with van der Waals surface area (Å²) in [6.45, 7) is 14.6. The van der Waals surface area contributed by atoms with E-state index < -0.39 is 0 Å². The summed E-state index contributed by atoms with van der Waals surface area (Å²) in [6.07, 6.45) is 0. The number of pyridine rings is 1. The highest BCUT2D eigenvalue weighted by molar-refractivity contribution is 5.96. The van der Waals surface area contributed by atoms with E-state index in [1.807, 2.05) is 37.6 Å². The van der Waals surface area contributed by atoms with E-state index in [0.717, 1.165) is 33.3 Å². The third-order valence-corrected chi connectivity index (χ3v) is 4.80. The van der Waals surface area contributed by atoms with E-state index in [0.29, 0.717) is 22.9 Å². The Balaban J connectivity index is 2.52. The number of halogens is 1.